The van der Waals surface area contributed by atoms with Gasteiger partial charge in [0.1, 0.15) is 11.6 Å². The fraction of sp³-hybridized carbons (Fsp3) is 0.450. The van der Waals surface area contributed by atoms with Crippen molar-refractivity contribution in [2.75, 3.05) is 37.0 Å². The fourth-order valence-electron chi connectivity index (χ4n) is 3.31. The normalized spacial score (nSPS) is 15.4. The lowest BCUT2D eigenvalue weighted by Crippen LogP contribution is -2.22. The summed E-state index contributed by atoms with van der Waals surface area (Å²) in [5, 5.41) is 3.52. The van der Waals surface area contributed by atoms with Crippen LogP contribution in [0.3, 0.4) is 0 Å². The average Bonchev–Trinajstić information content (AvgIpc) is 3.14. The number of aromatic nitrogens is 1. The third kappa shape index (κ3) is 4.28. The summed E-state index contributed by atoms with van der Waals surface area (Å²) < 4.78 is 13.5. The van der Waals surface area contributed by atoms with Gasteiger partial charge in [-0.15, -0.1) is 0 Å². The summed E-state index contributed by atoms with van der Waals surface area (Å²) in [5.74, 6) is 0.865. The van der Waals surface area contributed by atoms with E-state index < -0.39 is 0 Å². The molecule has 1 saturated heterocycles. The number of halogens is 1. The molecule has 25 heavy (non-hydrogen) atoms. The summed E-state index contributed by atoms with van der Waals surface area (Å²) in [6, 6.07) is 9.33. The minimum absolute atomic E-state index is 0.122. The highest BCUT2D eigenvalue weighted by Gasteiger charge is 2.14. The van der Waals surface area contributed by atoms with Crippen molar-refractivity contribution in [2.24, 2.45) is 0 Å². The number of nitrogens with zero attached hydrogens (tertiary/aromatic N) is 3. The van der Waals surface area contributed by atoms with Crippen molar-refractivity contribution in [1.29, 1.82) is 0 Å². The standard InChI is InChI=1S/C20H27FN4/c1-15(18-8-7-17(21)12-19(18)24(2)3)22-13-16-6-9-20(23-14-16)25-10-4-5-11-25/h6-9,12,14-15,22H,4-5,10-11,13H2,1-3H3/t15-/m0/s1. The Bertz CT molecular complexity index is 693. The number of rotatable bonds is 6. The minimum Gasteiger partial charge on any atom is -0.377 e. The van der Waals surface area contributed by atoms with E-state index in [2.05, 4.69) is 34.3 Å². The predicted octanol–water partition coefficient (Wildman–Crippen LogP) is 3.74. The van der Waals surface area contributed by atoms with Gasteiger partial charge >= 0.3 is 0 Å². The largest absolute Gasteiger partial charge is 0.377 e. The number of anilines is 2. The van der Waals surface area contributed by atoms with Crippen molar-refractivity contribution in [2.45, 2.75) is 32.4 Å². The molecule has 1 aromatic heterocycles. The molecule has 0 radical (unpaired) electrons. The third-order valence-corrected chi connectivity index (χ3v) is 4.79. The molecule has 0 saturated carbocycles. The monoisotopic (exact) mass is 342 g/mol. The van der Waals surface area contributed by atoms with Gasteiger partial charge in [-0.25, -0.2) is 9.37 Å². The van der Waals surface area contributed by atoms with Gasteiger partial charge in [-0.3, -0.25) is 0 Å². The van der Waals surface area contributed by atoms with Gasteiger partial charge in [-0.05, 0) is 49.1 Å². The quantitative estimate of drug-likeness (QED) is 0.867. The fourth-order valence-corrected chi connectivity index (χ4v) is 3.31. The highest BCUT2D eigenvalue weighted by Crippen LogP contribution is 2.26. The molecule has 1 aliphatic heterocycles. The number of benzene rings is 1. The van der Waals surface area contributed by atoms with Gasteiger partial charge in [0.25, 0.3) is 0 Å². The SMILES string of the molecule is C[C@H](NCc1ccc(N2CCCC2)nc1)c1ccc(F)cc1N(C)C. The Morgan fingerprint density at radius 2 is 1.96 bits per heavy atom. The van der Waals surface area contributed by atoms with Crippen LogP contribution in [0.15, 0.2) is 36.5 Å². The van der Waals surface area contributed by atoms with Crippen molar-refractivity contribution in [3.05, 3.63) is 53.5 Å². The van der Waals surface area contributed by atoms with Crippen LogP contribution in [0.5, 0.6) is 0 Å². The second-order valence-corrected chi connectivity index (χ2v) is 6.92. The smallest absolute Gasteiger partial charge is 0.128 e. The molecule has 5 heteroatoms. The first-order chi connectivity index (χ1) is 12.0. The Morgan fingerprint density at radius 1 is 1.20 bits per heavy atom. The van der Waals surface area contributed by atoms with Gasteiger partial charge in [0, 0.05) is 51.7 Å². The van der Waals surface area contributed by atoms with E-state index in [9.17, 15) is 4.39 Å². The summed E-state index contributed by atoms with van der Waals surface area (Å²) in [6.07, 6.45) is 4.47. The molecule has 1 N–H and O–H groups in total. The lowest BCUT2D eigenvalue weighted by Gasteiger charge is -2.23. The molecule has 0 unspecified atom stereocenters. The molecule has 4 nitrogen and oxygen atoms in total. The van der Waals surface area contributed by atoms with E-state index in [0.717, 1.165) is 42.3 Å². The maximum atomic E-state index is 13.5. The van der Waals surface area contributed by atoms with Gasteiger partial charge < -0.3 is 15.1 Å². The summed E-state index contributed by atoms with van der Waals surface area (Å²) in [6.45, 7) is 5.06. The third-order valence-electron chi connectivity index (χ3n) is 4.79. The molecule has 1 aromatic carbocycles. The molecule has 0 aliphatic carbocycles. The van der Waals surface area contributed by atoms with Crippen molar-refractivity contribution in [3.63, 3.8) is 0 Å². The molecule has 0 bridgehead atoms. The van der Waals surface area contributed by atoms with Crippen LogP contribution >= 0.6 is 0 Å². The molecule has 0 spiro atoms. The second kappa shape index (κ2) is 7.83. The molecule has 3 rings (SSSR count). The first-order valence-electron chi connectivity index (χ1n) is 8.94. The minimum atomic E-state index is -0.207. The van der Waals surface area contributed by atoms with Crippen molar-refractivity contribution >= 4 is 11.5 Å². The summed E-state index contributed by atoms with van der Waals surface area (Å²) in [7, 11) is 3.87. The Morgan fingerprint density at radius 3 is 2.60 bits per heavy atom. The van der Waals surface area contributed by atoms with E-state index in [-0.39, 0.29) is 11.9 Å². The first kappa shape index (κ1) is 17.7. The predicted molar refractivity (Wildman–Crippen MR) is 102 cm³/mol. The van der Waals surface area contributed by atoms with Gasteiger partial charge in [0.2, 0.25) is 0 Å². The van der Waals surface area contributed by atoms with E-state index in [1.807, 2.05) is 31.3 Å². The first-order valence-corrected chi connectivity index (χ1v) is 8.94. The Balaban J connectivity index is 1.63. The van der Waals surface area contributed by atoms with E-state index in [0.29, 0.717) is 0 Å². The molecule has 134 valence electrons. The van der Waals surface area contributed by atoms with Gasteiger partial charge in [0.05, 0.1) is 0 Å². The van der Waals surface area contributed by atoms with Crippen molar-refractivity contribution in [3.8, 4) is 0 Å². The molecule has 2 aromatic rings. The number of nitrogens with one attached hydrogen (secondary N) is 1. The Hall–Kier alpha value is -2.14. The summed E-state index contributed by atoms with van der Waals surface area (Å²) in [5.41, 5.74) is 3.15. The zero-order valence-corrected chi connectivity index (χ0v) is 15.3. The Kier molecular flexibility index (Phi) is 5.53. The van der Waals surface area contributed by atoms with Crippen molar-refractivity contribution in [1.82, 2.24) is 10.3 Å². The molecule has 1 fully saturated rings. The van der Waals surface area contributed by atoms with E-state index in [1.54, 1.807) is 6.07 Å². The highest BCUT2D eigenvalue weighted by atomic mass is 19.1. The van der Waals surface area contributed by atoms with Crippen LogP contribution in [0.4, 0.5) is 15.9 Å². The average molecular weight is 342 g/mol. The van der Waals surface area contributed by atoms with Crippen LogP contribution in [0.2, 0.25) is 0 Å². The van der Waals surface area contributed by atoms with Crippen LogP contribution in [0.25, 0.3) is 0 Å². The number of hydrogen-bond donors (Lipinski definition) is 1. The van der Waals surface area contributed by atoms with Gasteiger partial charge in [-0.2, -0.15) is 0 Å². The molecule has 2 heterocycles. The molecular weight excluding hydrogens is 315 g/mol. The summed E-state index contributed by atoms with van der Waals surface area (Å²) >= 11 is 0. The topological polar surface area (TPSA) is 31.4 Å². The molecule has 1 atom stereocenters. The number of pyridine rings is 1. The molecule has 1 aliphatic rings. The Labute approximate surface area is 149 Å². The van der Waals surface area contributed by atoms with Crippen LogP contribution in [-0.4, -0.2) is 32.2 Å². The highest BCUT2D eigenvalue weighted by molar-refractivity contribution is 5.54. The van der Waals surface area contributed by atoms with E-state index in [1.165, 1.54) is 18.9 Å². The van der Waals surface area contributed by atoms with E-state index >= 15 is 0 Å². The lowest BCUT2D eigenvalue weighted by atomic mass is 10.0. The van der Waals surface area contributed by atoms with Crippen molar-refractivity contribution < 1.29 is 4.39 Å². The summed E-state index contributed by atoms with van der Waals surface area (Å²) in [4.78, 5) is 8.88. The second-order valence-electron chi connectivity index (χ2n) is 6.92. The van der Waals surface area contributed by atoms with Gasteiger partial charge in [-0.1, -0.05) is 12.1 Å². The van der Waals surface area contributed by atoms with Crippen LogP contribution in [0.1, 0.15) is 36.9 Å². The molecule has 0 amide bonds. The van der Waals surface area contributed by atoms with Crippen LogP contribution in [0, 0.1) is 5.82 Å². The maximum Gasteiger partial charge on any atom is 0.128 e. The zero-order valence-electron chi connectivity index (χ0n) is 15.3. The van der Waals surface area contributed by atoms with Crippen LogP contribution in [-0.2, 0) is 6.54 Å². The van der Waals surface area contributed by atoms with Crippen LogP contribution < -0.4 is 15.1 Å². The maximum absolute atomic E-state index is 13.5. The molecular formula is C20H27FN4. The number of hydrogen-bond acceptors (Lipinski definition) is 4. The zero-order chi connectivity index (χ0) is 17.8. The lowest BCUT2D eigenvalue weighted by molar-refractivity contribution is 0.570. The van der Waals surface area contributed by atoms with E-state index in [4.69, 9.17) is 0 Å². The van der Waals surface area contributed by atoms with Gasteiger partial charge in [0.15, 0.2) is 0 Å².